The van der Waals surface area contributed by atoms with Crippen LogP contribution in [0.15, 0.2) is 49.2 Å². The maximum atomic E-state index is 13.5. The van der Waals surface area contributed by atoms with Crippen LogP contribution >= 0.6 is 0 Å². The Morgan fingerprint density at radius 1 is 1.33 bits per heavy atom. The van der Waals surface area contributed by atoms with Crippen molar-refractivity contribution in [1.82, 2.24) is 19.9 Å². The van der Waals surface area contributed by atoms with E-state index in [9.17, 15) is 9.59 Å². The molecule has 2 aromatic heterocycles. The molecule has 0 radical (unpaired) electrons. The van der Waals surface area contributed by atoms with E-state index in [1.807, 2.05) is 30.3 Å². The van der Waals surface area contributed by atoms with Crippen molar-refractivity contribution < 1.29 is 19.1 Å². The Balaban J connectivity index is 1.97. The number of carbonyl (C=O) groups is 2. The van der Waals surface area contributed by atoms with Crippen LogP contribution in [0.4, 0.5) is 4.79 Å². The molecule has 0 saturated carbocycles. The number of hydrogen-bond acceptors (Lipinski definition) is 6. The van der Waals surface area contributed by atoms with E-state index in [1.54, 1.807) is 33.0 Å². The summed E-state index contributed by atoms with van der Waals surface area (Å²) in [5.41, 5.74) is 0.253. The third-order valence-electron chi connectivity index (χ3n) is 5.57. The number of carbonyl (C=O) groups excluding carboxylic acids is 2. The number of methoxy groups -OCH3 is 1. The number of amides is 1. The number of rotatable bonds is 5. The number of hydrogen-bond donors (Lipinski definition) is 1. The van der Waals surface area contributed by atoms with Crippen LogP contribution in [-0.2, 0) is 15.1 Å². The number of para-hydroxylation sites is 1. The molecule has 3 heterocycles. The lowest BCUT2D eigenvalue weighted by molar-refractivity contribution is -0.119. The maximum absolute atomic E-state index is 13.5. The summed E-state index contributed by atoms with van der Waals surface area (Å²) in [6.07, 6.45) is 3.98. The van der Waals surface area contributed by atoms with Crippen molar-refractivity contribution in [2.75, 3.05) is 7.11 Å². The molecule has 8 nitrogen and oxygen atoms in total. The molecule has 1 atom stereocenters. The summed E-state index contributed by atoms with van der Waals surface area (Å²) >= 11 is 0. The van der Waals surface area contributed by atoms with Crippen molar-refractivity contribution in [2.24, 2.45) is 0 Å². The van der Waals surface area contributed by atoms with E-state index in [1.165, 1.54) is 11.7 Å². The van der Waals surface area contributed by atoms with E-state index in [0.717, 1.165) is 10.9 Å². The number of fused-ring (bicyclic) bond motifs is 1. The van der Waals surface area contributed by atoms with Crippen LogP contribution in [0.2, 0.25) is 0 Å². The zero-order valence-electron chi connectivity index (χ0n) is 19.3. The standard InChI is InChI=1S/C25H28N4O4/c1-6-12-25(13-11-20(30)28-25)22-26-15-19(29(22)23(31)33-24(2,3)4)17-14-16-9-7-8-10-18(16)27-21(17)32-5/h6-10,14-15H,1,11-13H2,2-5H3,(H,28,30). The molecule has 1 fully saturated rings. The molecule has 0 bridgehead atoms. The molecular weight excluding hydrogens is 420 g/mol. The highest BCUT2D eigenvalue weighted by Gasteiger charge is 2.44. The number of imidazole rings is 1. The highest BCUT2D eigenvalue weighted by Crippen LogP contribution is 2.39. The van der Waals surface area contributed by atoms with Gasteiger partial charge >= 0.3 is 6.09 Å². The van der Waals surface area contributed by atoms with Gasteiger partial charge < -0.3 is 14.8 Å². The molecule has 4 rings (SSSR count). The molecule has 8 heteroatoms. The summed E-state index contributed by atoms with van der Waals surface area (Å²) in [6, 6.07) is 9.57. The van der Waals surface area contributed by atoms with E-state index >= 15 is 0 Å². The third kappa shape index (κ3) is 4.20. The molecule has 1 amide bonds. The highest BCUT2D eigenvalue weighted by molar-refractivity contribution is 5.88. The van der Waals surface area contributed by atoms with Crippen LogP contribution < -0.4 is 10.1 Å². The largest absolute Gasteiger partial charge is 0.480 e. The SMILES string of the molecule is C=CCC1(c2ncc(-c3cc4ccccc4nc3OC)n2C(=O)OC(C)(C)C)CCC(=O)N1. The van der Waals surface area contributed by atoms with Gasteiger partial charge in [-0.1, -0.05) is 24.3 Å². The molecular formula is C25H28N4O4. The van der Waals surface area contributed by atoms with Crippen LogP contribution in [0, 0.1) is 0 Å². The Morgan fingerprint density at radius 3 is 2.73 bits per heavy atom. The lowest BCUT2D eigenvalue weighted by Crippen LogP contribution is -2.42. The van der Waals surface area contributed by atoms with E-state index in [0.29, 0.717) is 42.2 Å². The first-order chi connectivity index (χ1) is 15.7. The fraction of sp³-hybridized carbons (Fsp3) is 0.360. The predicted octanol–water partition coefficient (Wildman–Crippen LogP) is 4.57. The molecule has 33 heavy (non-hydrogen) atoms. The van der Waals surface area contributed by atoms with Crippen LogP contribution in [0.5, 0.6) is 5.88 Å². The molecule has 1 saturated heterocycles. The molecule has 1 unspecified atom stereocenters. The summed E-state index contributed by atoms with van der Waals surface area (Å²) in [4.78, 5) is 34.9. The van der Waals surface area contributed by atoms with Crippen molar-refractivity contribution in [1.29, 1.82) is 0 Å². The fourth-order valence-electron chi connectivity index (χ4n) is 4.19. The Morgan fingerprint density at radius 2 is 2.09 bits per heavy atom. The number of ether oxygens (including phenoxy) is 2. The number of nitrogens with zero attached hydrogens (tertiary/aromatic N) is 3. The van der Waals surface area contributed by atoms with E-state index < -0.39 is 17.2 Å². The summed E-state index contributed by atoms with van der Waals surface area (Å²) in [5.74, 6) is 0.660. The van der Waals surface area contributed by atoms with Crippen molar-refractivity contribution >= 4 is 22.9 Å². The third-order valence-corrected chi connectivity index (χ3v) is 5.57. The molecule has 0 aliphatic carbocycles. The summed E-state index contributed by atoms with van der Waals surface area (Å²) in [5, 5.41) is 3.91. The molecule has 0 spiro atoms. The van der Waals surface area contributed by atoms with Gasteiger partial charge in [0.15, 0.2) is 0 Å². The van der Waals surface area contributed by atoms with Gasteiger partial charge in [-0.2, -0.15) is 0 Å². The minimum atomic E-state index is -0.856. The molecule has 1 N–H and O–H groups in total. The van der Waals surface area contributed by atoms with Gasteiger partial charge in [-0.05, 0) is 45.7 Å². The van der Waals surface area contributed by atoms with Gasteiger partial charge in [0.05, 0.1) is 30.1 Å². The van der Waals surface area contributed by atoms with Gasteiger partial charge in [0.25, 0.3) is 0 Å². The lowest BCUT2D eigenvalue weighted by Gasteiger charge is -2.29. The first-order valence-electron chi connectivity index (χ1n) is 10.8. The van der Waals surface area contributed by atoms with Gasteiger partial charge in [-0.15, -0.1) is 6.58 Å². The van der Waals surface area contributed by atoms with Crippen molar-refractivity contribution in [2.45, 2.75) is 51.2 Å². The normalized spacial score (nSPS) is 18.2. The Hall–Kier alpha value is -3.68. The number of nitrogens with one attached hydrogen (secondary N) is 1. The second kappa shape index (κ2) is 8.35. The molecule has 1 aromatic carbocycles. The second-order valence-corrected chi connectivity index (χ2v) is 9.14. The average Bonchev–Trinajstić information content (AvgIpc) is 3.36. The Kier molecular flexibility index (Phi) is 5.69. The fourth-order valence-corrected chi connectivity index (χ4v) is 4.19. The summed E-state index contributed by atoms with van der Waals surface area (Å²) in [6.45, 7) is 9.25. The Bertz CT molecular complexity index is 1240. The predicted molar refractivity (Wildman–Crippen MR) is 125 cm³/mol. The smallest absolute Gasteiger partial charge is 0.420 e. The maximum Gasteiger partial charge on any atom is 0.420 e. The van der Waals surface area contributed by atoms with Crippen molar-refractivity contribution in [3.05, 3.63) is 55.0 Å². The molecule has 3 aromatic rings. The summed E-state index contributed by atoms with van der Waals surface area (Å²) in [7, 11) is 1.53. The monoisotopic (exact) mass is 448 g/mol. The van der Waals surface area contributed by atoms with Crippen molar-refractivity contribution in [3.8, 4) is 17.1 Å². The topological polar surface area (TPSA) is 95.3 Å². The zero-order chi connectivity index (χ0) is 23.8. The van der Waals surface area contributed by atoms with E-state index in [4.69, 9.17) is 9.47 Å². The van der Waals surface area contributed by atoms with Gasteiger partial charge in [0, 0.05) is 11.8 Å². The summed E-state index contributed by atoms with van der Waals surface area (Å²) < 4.78 is 12.7. The highest BCUT2D eigenvalue weighted by atomic mass is 16.6. The van der Waals surface area contributed by atoms with Gasteiger partial charge in [-0.3, -0.25) is 4.79 Å². The van der Waals surface area contributed by atoms with Crippen LogP contribution in [0.25, 0.3) is 22.2 Å². The quantitative estimate of drug-likeness (QED) is 0.575. The number of pyridine rings is 1. The van der Waals surface area contributed by atoms with Gasteiger partial charge in [0.2, 0.25) is 11.8 Å². The Labute approximate surface area is 192 Å². The van der Waals surface area contributed by atoms with E-state index in [2.05, 4.69) is 21.9 Å². The first-order valence-corrected chi connectivity index (χ1v) is 10.8. The first kappa shape index (κ1) is 22.5. The van der Waals surface area contributed by atoms with Gasteiger partial charge in [-0.25, -0.2) is 19.3 Å². The number of benzene rings is 1. The lowest BCUT2D eigenvalue weighted by atomic mass is 9.92. The van der Waals surface area contributed by atoms with Crippen LogP contribution in [-0.4, -0.2) is 39.2 Å². The molecule has 1 aliphatic heterocycles. The molecule has 172 valence electrons. The van der Waals surface area contributed by atoms with Crippen LogP contribution in [0.3, 0.4) is 0 Å². The average molecular weight is 449 g/mol. The van der Waals surface area contributed by atoms with Crippen LogP contribution in [0.1, 0.15) is 45.9 Å². The second-order valence-electron chi connectivity index (χ2n) is 9.14. The zero-order valence-corrected chi connectivity index (χ0v) is 19.3. The molecule has 1 aliphatic rings. The van der Waals surface area contributed by atoms with Crippen molar-refractivity contribution in [3.63, 3.8) is 0 Å². The van der Waals surface area contributed by atoms with E-state index in [-0.39, 0.29) is 5.91 Å². The minimum absolute atomic E-state index is 0.0953. The van der Waals surface area contributed by atoms with Gasteiger partial charge in [0.1, 0.15) is 17.0 Å². The minimum Gasteiger partial charge on any atom is -0.480 e. The number of aromatic nitrogens is 3.